The summed E-state index contributed by atoms with van der Waals surface area (Å²) in [6.45, 7) is 7.99. The van der Waals surface area contributed by atoms with Gasteiger partial charge in [0.2, 0.25) is 0 Å². The van der Waals surface area contributed by atoms with Crippen LogP contribution in [0.15, 0.2) is 73.3 Å². The first-order valence-electron chi connectivity index (χ1n) is 12.0. The van der Waals surface area contributed by atoms with Crippen LogP contribution in [0.5, 0.6) is 0 Å². The van der Waals surface area contributed by atoms with E-state index in [1.165, 1.54) is 0 Å². The van der Waals surface area contributed by atoms with Gasteiger partial charge in [-0.25, -0.2) is 4.79 Å². The topological polar surface area (TPSA) is 108 Å². The third-order valence-corrected chi connectivity index (χ3v) is 5.53. The molecule has 196 valence electrons. The lowest BCUT2D eigenvalue weighted by atomic mass is 10.0. The zero-order valence-corrected chi connectivity index (χ0v) is 21.6. The minimum Gasteiger partial charge on any atom is -0.444 e. The Labute approximate surface area is 222 Å². The van der Waals surface area contributed by atoms with Gasteiger partial charge in [0.1, 0.15) is 17.7 Å². The van der Waals surface area contributed by atoms with Crippen molar-refractivity contribution in [3.8, 4) is 12.5 Å². The van der Waals surface area contributed by atoms with Gasteiger partial charge in [0, 0.05) is 11.7 Å². The van der Waals surface area contributed by atoms with Crippen LogP contribution in [0, 0.1) is 12.5 Å². The number of amides is 3. The minimum absolute atomic E-state index is 0.418. The Hall–Kier alpha value is -4.61. The normalized spacial score (nSPS) is 12.5. The first kappa shape index (κ1) is 28.0. The monoisotopic (exact) mass is 513 g/mol. The summed E-state index contributed by atoms with van der Waals surface area (Å²) in [5.41, 5.74) is 0.808. The molecule has 0 heterocycles. The van der Waals surface area contributed by atoms with Crippen LogP contribution in [-0.4, -0.2) is 46.2 Å². The smallest absolute Gasteiger partial charge is 0.408 e. The summed E-state index contributed by atoms with van der Waals surface area (Å²) >= 11 is 0. The molecule has 0 spiro atoms. The molecule has 0 radical (unpaired) electrons. The Balaban J connectivity index is 1.96. The molecule has 3 aromatic rings. The van der Waals surface area contributed by atoms with Crippen molar-refractivity contribution < 1.29 is 24.2 Å². The van der Waals surface area contributed by atoms with E-state index in [0.717, 1.165) is 15.7 Å². The third-order valence-electron chi connectivity index (χ3n) is 5.53. The molecule has 0 saturated carbocycles. The number of carbonyl (C=O) groups excluding carboxylic acids is 3. The number of rotatable bonds is 8. The molecule has 2 atom stereocenters. The van der Waals surface area contributed by atoms with E-state index in [-0.39, 0.29) is 0 Å². The molecular weight excluding hydrogens is 482 g/mol. The Morgan fingerprint density at radius 2 is 1.79 bits per heavy atom. The van der Waals surface area contributed by atoms with Crippen LogP contribution in [0.25, 0.3) is 16.8 Å². The van der Waals surface area contributed by atoms with Crippen LogP contribution in [-0.2, 0) is 14.3 Å². The summed E-state index contributed by atoms with van der Waals surface area (Å²) in [7, 11) is 0. The molecule has 0 fully saturated rings. The second-order valence-corrected chi connectivity index (χ2v) is 9.55. The van der Waals surface area contributed by atoms with Gasteiger partial charge in [-0.05, 0) is 60.9 Å². The van der Waals surface area contributed by atoms with E-state index in [9.17, 15) is 19.5 Å². The molecule has 0 aliphatic heterocycles. The maximum absolute atomic E-state index is 13.7. The van der Waals surface area contributed by atoms with E-state index >= 15 is 0 Å². The highest BCUT2D eigenvalue weighted by Gasteiger charge is 2.36. The second-order valence-electron chi connectivity index (χ2n) is 9.55. The van der Waals surface area contributed by atoms with Gasteiger partial charge >= 0.3 is 6.09 Å². The highest BCUT2D eigenvalue weighted by atomic mass is 16.6. The average molecular weight is 514 g/mol. The number of carbonyl (C=O) groups is 3. The summed E-state index contributed by atoms with van der Waals surface area (Å²) in [6, 6.07) is 19.5. The highest BCUT2D eigenvalue weighted by molar-refractivity contribution is 6.01. The van der Waals surface area contributed by atoms with Crippen molar-refractivity contribution in [1.29, 1.82) is 0 Å². The summed E-state index contributed by atoms with van der Waals surface area (Å²) in [5.74, 6) is -1.44. The Morgan fingerprint density at radius 1 is 1.08 bits per heavy atom. The van der Waals surface area contributed by atoms with Crippen molar-refractivity contribution in [3.05, 3.63) is 84.4 Å². The molecule has 8 nitrogen and oxygen atoms in total. The van der Waals surface area contributed by atoms with Crippen LogP contribution in [0.3, 0.4) is 0 Å². The molecule has 3 N–H and O–H groups in total. The van der Waals surface area contributed by atoms with Crippen molar-refractivity contribution in [2.75, 3.05) is 11.9 Å². The fourth-order valence-electron chi connectivity index (χ4n) is 3.82. The van der Waals surface area contributed by atoms with Crippen molar-refractivity contribution in [2.45, 2.75) is 38.5 Å². The zero-order valence-electron chi connectivity index (χ0n) is 21.6. The van der Waals surface area contributed by atoms with E-state index < -0.39 is 42.2 Å². The molecule has 0 aliphatic carbocycles. The molecule has 8 heteroatoms. The number of hydrogen-bond donors (Lipinski definition) is 3. The Kier molecular flexibility index (Phi) is 8.89. The van der Waals surface area contributed by atoms with E-state index in [0.29, 0.717) is 16.8 Å². The SMILES string of the molecule is C#CN(C(=O)C(CO)NC(=O)OC(C)(C)C)C(C(=O)Nc1ccc2ccccc2c1)c1cccc(C=C)c1. The number of hydrogen-bond acceptors (Lipinski definition) is 5. The molecule has 0 saturated heterocycles. The van der Waals surface area contributed by atoms with E-state index in [2.05, 4.69) is 23.3 Å². The number of aliphatic hydroxyl groups excluding tert-OH is 1. The minimum atomic E-state index is -1.44. The molecular formula is C30H31N3O5. The predicted molar refractivity (Wildman–Crippen MR) is 148 cm³/mol. The number of anilines is 1. The number of nitrogens with zero attached hydrogens (tertiary/aromatic N) is 1. The Bertz CT molecular complexity index is 1390. The van der Waals surface area contributed by atoms with E-state index in [1.54, 1.807) is 57.2 Å². The van der Waals surface area contributed by atoms with Crippen molar-refractivity contribution in [3.63, 3.8) is 0 Å². The number of ether oxygens (including phenoxy) is 1. The summed E-state index contributed by atoms with van der Waals surface area (Å²) in [5, 5.41) is 17.0. The summed E-state index contributed by atoms with van der Waals surface area (Å²) < 4.78 is 5.20. The number of nitrogens with one attached hydrogen (secondary N) is 2. The number of terminal acetylenes is 1. The largest absolute Gasteiger partial charge is 0.444 e. The number of aliphatic hydroxyl groups is 1. The van der Waals surface area contributed by atoms with E-state index in [1.807, 2.05) is 36.4 Å². The van der Waals surface area contributed by atoms with Crippen LogP contribution in [0.1, 0.15) is 37.9 Å². The molecule has 3 amide bonds. The van der Waals surface area contributed by atoms with Crippen molar-refractivity contribution in [2.24, 2.45) is 0 Å². The predicted octanol–water partition coefficient (Wildman–Crippen LogP) is 4.47. The molecule has 0 aromatic heterocycles. The Morgan fingerprint density at radius 3 is 2.42 bits per heavy atom. The number of benzene rings is 3. The maximum atomic E-state index is 13.7. The van der Waals surface area contributed by atoms with E-state index in [4.69, 9.17) is 11.2 Å². The van der Waals surface area contributed by atoms with Crippen LogP contribution in [0.2, 0.25) is 0 Å². The van der Waals surface area contributed by atoms with Gasteiger partial charge in [-0.15, -0.1) is 0 Å². The van der Waals surface area contributed by atoms with Gasteiger partial charge < -0.3 is 20.5 Å². The molecule has 3 aromatic carbocycles. The fourth-order valence-corrected chi connectivity index (χ4v) is 3.82. The second kappa shape index (κ2) is 12.1. The molecule has 3 rings (SSSR count). The fraction of sp³-hybridized carbons (Fsp3) is 0.233. The van der Waals surface area contributed by atoms with Gasteiger partial charge in [-0.3, -0.25) is 14.5 Å². The maximum Gasteiger partial charge on any atom is 0.408 e. The average Bonchev–Trinajstić information content (AvgIpc) is 2.88. The van der Waals surface area contributed by atoms with Crippen LogP contribution in [0.4, 0.5) is 10.5 Å². The van der Waals surface area contributed by atoms with Gasteiger partial charge in [0.05, 0.1) is 6.61 Å². The van der Waals surface area contributed by atoms with Gasteiger partial charge in [0.15, 0.2) is 0 Å². The summed E-state index contributed by atoms with van der Waals surface area (Å²) in [6.07, 6.45) is 6.43. The van der Waals surface area contributed by atoms with Crippen molar-refractivity contribution >= 4 is 40.4 Å². The lowest BCUT2D eigenvalue weighted by molar-refractivity contribution is -0.137. The lowest BCUT2D eigenvalue weighted by Gasteiger charge is -2.30. The molecule has 38 heavy (non-hydrogen) atoms. The highest BCUT2D eigenvalue weighted by Crippen LogP contribution is 2.26. The zero-order chi connectivity index (χ0) is 27.9. The van der Waals surface area contributed by atoms with Gasteiger partial charge in [-0.2, -0.15) is 0 Å². The number of alkyl carbamates (subject to hydrolysis) is 1. The number of fused-ring (bicyclic) bond motifs is 1. The quantitative estimate of drug-likeness (QED) is 0.304. The molecule has 0 aliphatic rings. The third kappa shape index (κ3) is 6.99. The van der Waals surface area contributed by atoms with Gasteiger partial charge in [0.25, 0.3) is 11.8 Å². The standard InChI is InChI=1S/C30H31N3O5/c1-6-20-11-10-14-23(17-20)26(27(35)31-24-16-15-21-12-8-9-13-22(21)18-24)33(7-2)28(36)25(19-34)32-29(37)38-30(3,4)5/h2,6,8-18,25-26,34H,1,19H2,3-5H3,(H,31,35)(H,32,37). The first-order chi connectivity index (χ1) is 18.1. The summed E-state index contributed by atoms with van der Waals surface area (Å²) in [4.78, 5) is 40.3. The lowest BCUT2D eigenvalue weighted by Crippen LogP contribution is -2.52. The van der Waals surface area contributed by atoms with Crippen molar-refractivity contribution in [1.82, 2.24) is 10.2 Å². The first-order valence-corrected chi connectivity index (χ1v) is 12.0. The van der Waals surface area contributed by atoms with Crippen LogP contribution >= 0.6 is 0 Å². The van der Waals surface area contributed by atoms with Crippen LogP contribution < -0.4 is 10.6 Å². The molecule has 2 unspecified atom stereocenters. The molecule has 0 bridgehead atoms. The van der Waals surface area contributed by atoms with Gasteiger partial charge in [-0.1, -0.05) is 67.6 Å².